The summed E-state index contributed by atoms with van der Waals surface area (Å²) in [6.07, 6.45) is 6.42. The van der Waals surface area contributed by atoms with Crippen molar-refractivity contribution in [2.24, 2.45) is 10.4 Å². The van der Waals surface area contributed by atoms with E-state index >= 15 is 0 Å². The molecule has 2 N–H and O–H groups in total. The third-order valence-corrected chi connectivity index (χ3v) is 4.93. The van der Waals surface area contributed by atoms with Gasteiger partial charge >= 0.3 is 0 Å². The Balaban J connectivity index is 1.73. The number of hydrogen-bond acceptors (Lipinski definition) is 3. The van der Waals surface area contributed by atoms with Crippen LogP contribution in [0.25, 0.3) is 0 Å². The second-order valence-corrected chi connectivity index (χ2v) is 7.04. The van der Waals surface area contributed by atoms with Gasteiger partial charge in [0, 0.05) is 50.0 Å². The van der Waals surface area contributed by atoms with Gasteiger partial charge in [0.1, 0.15) is 0 Å². The quantitative estimate of drug-likeness (QED) is 0.437. The first-order valence-electron chi connectivity index (χ1n) is 9.06. The summed E-state index contributed by atoms with van der Waals surface area (Å²) in [5, 5.41) is 6.92. The molecule has 5 heteroatoms. The Morgan fingerprint density at radius 3 is 2.88 bits per heavy atom. The van der Waals surface area contributed by atoms with E-state index in [4.69, 9.17) is 4.74 Å². The smallest absolute Gasteiger partial charge is 0.191 e. The fourth-order valence-electron chi connectivity index (χ4n) is 3.00. The van der Waals surface area contributed by atoms with Crippen molar-refractivity contribution in [3.05, 3.63) is 30.1 Å². The van der Waals surface area contributed by atoms with E-state index in [1.807, 2.05) is 31.4 Å². The van der Waals surface area contributed by atoms with Crippen LogP contribution in [0.5, 0.6) is 0 Å². The number of pyridine rings is 1. The predicted octanol–water partition coefficient (Wildman–Crippen LogP) is 2.77. The molecule has 0 aromatic carbocycles. The van der Waals surface area contributed by atoms with Crippen LogP contribution in [0.3, 0.4) is 0 Å². The molecule has 1 aromatic heterocycles. The van der Waals surface area contributed by atoms with Gasteiger partial charge in [-0.1, -0.05) is 33.3 Å². The fraction of sp³-hybridized carbons (Fsp3) is 0.684. The summed E-state index contributed by atoms with van der Waals surface area (Å²) >= 11 is 0. The number of nitrogens with one attached hydrogen (secondary N) is 2. The molecule has 0 saturated heterocycles. The van der Waals surface area contributed by atoms with Crippen LogP contribution in [0.1, 0.15) is 45.7 Å². The van der Waals surface area contributed by atoms with Gasteiger partial charge in [0.15, 0.2) is 5.96 Å². The molecule has 134 valence electrons. The van der Waals surface area contributed by atoms with Crippen LogP contribution in [0, 0.1) is 5.41 Å². The van der Waals surface area contributed by atoms with Gasteiger partial charge in [0.2, 0.25) is 0 Å². The minimum Gasteiger partial charge on any atom is -0.378 e. The van der Waals surface area contributed by atoms with Crippen LogP contribution in [0.2, 0.25) is 0 Å². The summed E-state index contributed by atoms with van der Waals surface area (Å²) in [6.45, 7) is 8.42. The van der Waals surface area contributed by atoms with Crippen molar-refractivity contribution in [1.29, 1.82) is 0 Å². The number of rotatable bonds is 8. The number of ether oxygens (including phenoxy) is 1. The van der Waals surface area contributed by atoms with E-state index in [1.165, 1.54) is 6.42 Å². The first kappa shape index (κ1) is 18.7. The van der Waals surface area contributed by atoms with Crippen LogP contribution < -0.4 is 10.6 Å². The maximum Gasteiger partial charge on any atom is 0.191 e. The van der Waals surface area contributed by atoms with Gasteiger partial charge in [-0.25, -0.2) is 0 Å². The zero-order chi connectivity index (χ0) is 17.4. The highest BCUT2D eigenvalue weighted by Crippen LogP contribution is 2.42. The Kier molecular flexibility index (Phi) is 7.03. The van der Waals surface area contributed by atoms with Crippen LogP contribution in [0.15, 0.2) is 29.4 Å². The number of guanidine groups is 1. The summed E-state index contributed by atoms with van der Waals surface area (Å²) < 4.78 is 6.01. The van der Waals surface area contributed by atoms with Crippen molar-refractivity contribution in [2.45, 2.75) is 58.6 Å². The second kappa shape index (κ2) is 9.02. The van der Waals surface area contributed by atoms with E-state index < -0.39 is 0 Å². The highest BCUT2D eigenvalue weighted by Gasteiger charge is 2.49. The molecule has 5 nitrogen and oxygen atoms in total. The van der Waals surface area contributed by atoms with Crippen LogP contribution in [-0.4, -0.2) is 43.3 Å². The summed E-state index contributed by atoms with van der Waals surface area (Å²) in [5.74, 6) is 0.857. The summed E-state index contributed by atoms with van der Waals surface area (Å²) in [7, 11) is 1.82. The van der Waals surface area contributed by atoms with Gasteiger partial charge in [-0.05, 0) is 25.0 Å². The van der Waals surface area contributed by atoms with Crippen molar-refractivity contribution >= 4 is 5.96 Å². The summed E-state index contributed by atoms with van der Waals surface area (Å²) in [4.78, 5) is 8.68. The lowest BCUT2D eigenvalue weighted by atomic mass is 9.64. The van der Waals surface area contributed by atoms with Crippen molar-refractivity contribution in [3.8, 4) is 0 Å². The van der Waals surface area contributed by atoms with Gasteiger partial charge in [-0.2, -0.15) is 0 Å². The molecule has 2 unspecified atom stereocenters. The lowest BCUT2D eigenvalue weighted by Crippen LogP contribution is -2.63. The zero-order valence-electron chi connectivity index (χ0n) is 15.5. The molecule has 1 heterocycles. The SMILES string of the molecule is CCCCOC1CC(NC(=NC)NCCc2ccccn2)C1(C)C. The molecule has 24 heavy (non-hydrogen) atoms. The summed E-state index contributed by atoms with van der Waals surface area (Å²) in [5.41, 5.74) is 1.22. The molecule has 1 aliphatic carbocycles. The molecular formula is C19H32N4O. The van der Waals surface area contributed by atoms with Gasteiger partial charge in [-0.3, -0.25) is 9.98 Å². The van der Waals surface area contributed by atoms with E-state index in [2.05, 4.69) is 41.4 Å². The summed E-state index contributed by atoms with van der Waals surface area (Å²) in [6, 6.07) is 6.40. The number of hydrogen-bond donors (Lipinski definition) is 2. The second-order valence-electron chi connectivity index (χ2n) is 7.04. The van der Waals surface area contributed by atoms with Crippen LogP contribution >= 0.6 is 0 Å². The Morgan fingerprint density at radius 2 is 2.25 bits per heavy atom. The lowest BCUT2D eigenvalue weighted by molar-refractivity contribution is -0.113. The minimum atomic E-state index is 0.131. The van der Waals surface area contributed by atoms with Crippen molar-refractivity contribution in [3.63, 3.8) is 0 Å². The molecule has 0 radical (unpaired) electrons. The van der Waals surface area contributed by atoms with Gasteiger partial charge in [0.05, 0.1) is 6.10 Å². The normalized spacial score (nSPS) is 22.8. The molecule has 1 aliphatic rings. The molecule has 1 fully saturated rings. The Bertz CT molecular complexity index is 515. The van der Waals surface area contributed by atoms with Gasteiger partial charge in [0.25, 0.3) is 0 Å². The zero-order valence-corrected chi connectivity index (χ0v) is 15.5. The maximum atomic E-state index is 6.01. The van der Waals surface area contributed by atoms with E-state index in [1.54, 1.807) is 0 Å². The largest absolute Gasteiger partial charge is 0.378 e. The number of unbranched alkanes of at least 4 members (excludes halogenated alkanes) is 1. The Morgan fingerprint density at radius 1 is 1.42 bits per heavy atom. The highest BCUT2D eigenvalue weighted by atomic mass is 16.5. The predicted molar refractivity (Wildman–Crippen MR) is 99.3 cm³/mol. The average Bonchev–Trinajstić information content (AvgIpc) is 2.59. The maximum absolute atomic E-state index is 6.01. The van der Waals surface area contributed by atoms with E-state index in [0.29, 0.717) is 12.1 Å². The average molecular weight is 332 g/mol. The molecule has 1 aromatic rings. The number of aliphatic imine (C=N–C) groups is 1. The molecular weight excluding hydrogens is 300 g/mol. The highest BCUT2D eigenvalue weighted by molar-refractivity contribution is 5.80. The van der Waals surface area contributed by atoms with E-state index in [-0.39, 0.29) is 5.41 Å². The monoisotopic (exact) mass is 332 g/mol. The Hall–Kier alpha value is -1.62. The van der Waals surface area contributed by atoms with Crippen molar-refractivity contribution in [2.75, 3.05) is 20.2 Å². The number of nitrogens with zero attached hydrogens (tertiary/aromatic N) is 2. The molecule has 0 spiro atoms. The van der Waals surface area contributed by atoms with Crippen molar-refractivity contribution in [1.82, 2.24) is 15.6 Å². The third-order valence-electron chi connectivity index (χ3n) is 4.93. The van der Waals surface area contributed by atoms with E-state index in [0.717, 1.165) is 44.1 Å². The Labute approximate surface area is 146 Å². The van der Waals surface area contributed by atoms with Crippen LogP contribution in [-0.2, 0) is 11.2 Å². The molecule has 0 aliphatic heterocycles. The topological polar surface area (TPSA) is 58.5 Å². The minimum absolute atomic E-state index is 0.131. The molecule has 1 saturated carbocycles. The van der Waals surface area contributed by atoms with E-state index in [9.17, 15) is 0 Å². The van der Waals surface area contributed by atoms with Gasteiger partial charge < -0.3 is 15.4 Å². The van der Waals surface area contributed by atoms with Gasteiger partial charge in [-0.15, -0.1) is 0 Å². The van der Waals surface area contributed by atoms with Crippen molar-refractivity contribution < 1.29 is 4.74 Å². The fourth-order valence-corrected chi connectivity index (χ4v) is 3.00. The standard InChI is InChI=1S/C19H32N4O/c1-5-6-13-24-17-14-16(19(17,2)3)23-18(20-4)22-12-10-15-9-7-8-11-21-15/h7-9,11,16-17H,5-6,10,12-14H2,1-4H3,(H2,20,22,23). The lowest BCUT2D eigenvalue weighted by Gasteiger charge is -2.52. The number of aromatic nitrogens is 1. The molecule has 0 amide bonds. The first-order chi connectivity index (χ1) is 11.6. The molecule has 2 atom stereocenters. The van der Waals surface area contributed by atoms with Crippen LogP contribution in [0.4, 0.5) is 0 Å². The molecule has 0 bridgehead atoms. The molecule has 2 rings (SSSR count). The third kappa shape index (κ3) is 4.94. The first-order valence-corrected chi connectivity index (χ1v) is 9.06.